The lowest BCUT2D eigenvalue weighted by Crippen LogP contribution is -2.28. The molecule has 0 spiro atoms. The van der Waals surface area contributed by atoms with E-state index in [9.17, 15) is 10.4 Å². The maximum absolute atomic E-state index is 10.5. The number of hydrogen-bond acceptors (Lipinski definition) is 4. The fourth-order valence-electron chi connectivity index (χ4n) is 2.77. The van der Waals surface area contributed by atoms with Crippen LogP contribution in [0.1, 0.15) is 61.8 Å². The van der Waals surface area contributed by atoms with Gasteiger partial charge in [-0.25, -0.2) is 4.98 Å². The number of rotatable bonds is 2. The van der Waals surface area contributed by atoms with Crippen molar-refractivity contribution in [2.24, 2.45) is 5.41 Å². The lowest BCUT2D eigenvalue weighted by Gasteiger charge is -2.32. The molecule has 98 valence electrons. The predicted molar refractivity (Wildman–Crippen MR) is 72.2 cm³/mol. The van der Waals surface area contributed by atoms with Crippen molar-refractivity contribution < 1.29 is 5.11 Å². The van der Waals surface area contributed by atoms with Crippen LogP contribution in [0.15, 0.2) is 5.38 Å². The highest BCUT2D eigenvalue weighted by atomic mass is 32.1. The van der Waals surface area contributed by atoms with Gasteiger partial charge in [-0.05, 0) is 19.8 Å². The maximum atomic E-state index is 10.5. The smallest absolute Gasteiger partial charge is 0.115 e. The topological polar surface area (TPSA) is 56.9 Å². The molecule has 0 saturated heterocycles. The molecule has 1 atom stereocenters. The number of nitrogens with zero attached hydrogens (tertiary/aromatic N) is 2. The van der Waals surface area contributed by atoms with Gasteiger partial charge in [-0.15, -0.1) is 11.3 Å². The summed E-state index contributed by atoms with van der Waals surface area (Å²) in [5.41, 5.74) is 0.0561. The minimum Gasteiger partial charge on any atom is -0.385 e. The molecule has 0 aliphatic heterocycles. The molecule has 0 radical (unpaired) electrons. The van der Waals surface area contributed by atoms with E-state index < -0.39 is 11.5 Å². The highest BCUT2D eigenvalue weighted by Gasteiger charge is 2.39. The van der Waals surface area contributed by atoms with Crippen molar-refractivity contribution in [3.05, 3.63) is 16.1 Å². The first-order valence-corrected chi connectivity index (χ1v) is 7.57. The second-order valence-corrected chi connectivity index (χ2v) is 6.29. The Labute approximate surface area is 112 Å². The van der Waals surface area contributed by atoms with Crippen LogP contribution in [0.4, 0.5) is 0 Å². The van der Waals surface area contributed by atoms with Gasteiger partial charge in [-0.3, -0.25) is 0 Å². The summed E-state index contributed by atoms with van der Waals surface area (Å²) in [6.45, 7) is 1.93. The van der Waals surface area contributed by atoms with Crippen molar-refractivity contribution in [2.45, 2.75) is 58.0 Å². The summed E-state index contributed by atoms with van der Waals surface area (Å²) < 4.78 is 0. The van der Waals surface area contributed by atoms with Crippen molar-refractivity contribution >= 4 is 11.3 Å². The standard InChI is InChI=1S/C14H20N2OS/c1-11-16-12(9-18-11)13(17)14(10-15)7-5-3-2-4-6-8-14/h9,13,17H,2-8H2,1H3. The Morgan fingerprint density at radius 3 is 2.44 bits per heavy atom. The van der Waals surface area contributed by atoms with E-state index >= 15 is 0 Å². The highest BCUT2D eigenvalue weighted by Crippen LogP contribution is 2.44. The summed E-state index contributed by atoms with van der Waals surface area (Å²) in [5, 5.41) is 22.9. The van der Waals surface area contributed by atoms with Gasteiger partial charge in [0.05, 0.1) is 22.2 Å². The Hall–Kier alpha value is -0.920. The van der Waals surface area contributed by atoms with Crippen LogP contribution in [-0.2, 0) is 0 Å². The Morgan fingerprint density at radius 2 is 1.94 bits per heavy atom. The Kier molecular flexibility index (Phi) is 4.36. The van der Waals surface area contributed by atoms with Crippen LogP contribution < -0.4 is 0 Å². The molecule has 2 rings (SSSR count). The normalized spacial score (nSPS) is 21.6. The molecular formula is C14H20N2OS. The van der Waals surface area contributed by atoms with E-state index in [1.54, 1.807) is 0 Å². The maximum Gasteiger partial charge on any atom is 0.115 e. The van der Waals surface area contributed by atoms with E-state index in [2.05, 4.69) is 11.1 Å². The molecular weight excluding hydrogens is 244 g/mol. The zero-order valence-electron chi connectivity index (χ0n) is 10.9. The predicted octanol–water partition coefficient (Wildman–Crippen LogP) is 3.74. The second kappa shape index (κ2) is 5.81. The Bertz CT molecular complexity index is 427. The van der Waals surface area contributed by atoms with Gasteiger partial charge in [0, 0.05) is 5.38 Å². The van der Waals surface area contributed by atoms with Crippen molar-refractivity contribution in [3.8, 4) is 6.07 Å². The van der Waals surface area contributed by atoms with Gasteiger partial charge < -0.3 is 5.11 Å². The molecule has 1 fully saturated rings. The van der Waals surface area contributed by atoms with Crippen LogP contribution in [0, 0.1) is 23.7 Å². The lowest BCUT2D eigenvalue weighted by molar-refractivity contribution is 0.0405. The summed E-state index contributed by atoms with van der Waals surface area (Å²) in [4.78, 5) is 4.35. The lowest BCUT2D eigenvalue weighted by atomic mass is 9.72. The molecule has 1 saturated carbocycles. The Balaban J connectivity index is 2.21. The number of hydrogen-bond donors (Lipinski definition) is 1. The monoisotopic (exact) mass is 264 g/mol. The van der Waals surface area contributed by atoms with Crippen molar-refractivity contribution in [3.63, 3.8) is 0 Å². The van der Waals surface area contributed by atoms with Gasteiger partial charge in [-0.1, -0.05) is 32.1 Å². The zero-order chi connectivity index (χ0) is 13.0. The van der Waals surface area contributed by atoms with Gasteiger partial charge in [0.2, 0.25) is 0 Å². The fraction of sp³-hybridized carbons (Fsp3) is 0.714. The molecule has 1 aromatic rings. The van der Waals surface area contributed by atoms with E-state index in [0.29, 0.717) is 5.69 Å². The number of aliphatic hydroxyl groups excluding tert-OH is 1. The van der Waals surface area contributed by atoms with Crippen LogP contribution in [0.2, 0.25) is 0 Å². The van der Waals surface area contributed by atoms with E-state index in [4.69, 9.17) is 0 Å². The van der Waals surface area contributed by atoms with Crippen LogP contribution >= 0.6 is 11.3 Å². The van der Waals surface area contributed by atoms with Crippen molar-refractivity contribution in [2.75, 3.05) is 0 Å². The van der Waals surface area contributed by atoms with E-state index in [1.165, 1.54) is 30.6 Å². The first-order chi connectivity index (χ1) is 8.68. The number of aromatic nitrogens is 1. The van der Waals surface area contributed by atoms with Gasteiger partial charge >= 0.3 is 0 Å². The summed E-state index contributed by atoms with van der Waals surface area (Å²) in [6, 6.07) is 2.41. The number of aryl methyl sites for hydroxylation is 1. The molecule has 4 heteroatoms. The third-order valence-electron chi connectivity index (χ3n) is 3.91. The fourth-order valence-corrected chi connectivity index (χ4v) is 3.40. The molecule has 1 heterocycles. The molecule has 1 aromatic heterocycles. The average molecular weight is 264 g/mol. The van der Waals surface area contributed by atoms with Crippen molar-refractivity contribution in [1.82, 2.24) is 4.98 Å². The molecule has 0 aromatic carbocycles. The average Bonchev–Trinajstić information content (AvgIpc) is 2.76. The summed E-state index contributed by atoms with van der Waals surface area (Å²) >= 11 is 1.53. The molecule has 1 aliphatic carbocycles. The van der Waals surface area contributed by atoms with Gasteiger partial charge in [0.15, 0.2) is 0 Å². The highest BCUT2D eigenvalue weighted by molar-refractivity contribution is 7.09. The summed E-state index contributed by atoms with van der Waals surface area (Å²) in [7, 11) is 0. The SMILES string of the molecule is Cc1nc(C(O)C2(C#N)CCCCCCC2)cs1. The minimum absolute atomic E-state index is 0.624. The van der Waals surface area contributed by atoms with Crippen LogP contribution in [0.5, 0.6) is 0 Å². The molecule has 1 N–H and O–H groups in total. The molecule has 0 amide bonds. The van der Waals surface area contributed by atoms with E-state index in [1.807, 2.05) is 12.3 Å². The first-order valence-electron chi connectivity index (χ1n) is 6.69. The van der Waals surface area contributed by atoms with Crippen LogP contribution in [0.3, 0.4) is 0 Å². The van der Waals surface area contributed by atoms with Crippen LogP contribution in [-0.4, -0.2) is 10.1 Å². The largest absolute Gasteiger partial charge is 0.385 e. The van der Waals surface area contributed by atoms with Crippen molar-refractivity contribution in [1.29, 1.82) is 5.26 Å². The van der Waals surface area contributed by atoms with E-state index in [0.717, 1.165) is 30.7 Å². The Morgan fingerprint density at radius 1 is 1.33 bits per heavy atom. The summed E-state index contributed by atoms with van der Waals surface area (Å²) in [5.74, 6) is 0. The number of aliphatic hydroxyl groups is 1. The quantitative estimate of drug-likeness (QED) is 0.885. The number of thiazole rings is 1. The molecule has 0 bridgehead atoms. The van der Waals surface area contributed by atoms with Gasteiger partial charge in [0.25, 0.3) is 0 Å². The van der Waals surface area contributed by atoms with Crippen LogP contribution in [0.25, 0.3) is 0 Å². The molecule has 3 nitrogen and oxygen atoms in total. The number of nitriles is 1. The first kappa shape index (κ1) is 13.5. The zero-order valence-corrected chi connectivity index (χ0v) is 11.7. The minimum atomic E-state index is -0.731. The van der Waals surface area contributed by atoms with E-state index in [-0.39, 0.29) is 0 Å². The second-order valence-electron chi connectivity index (χ2n) is 5.23. The molecule has 18 heavy (non-hydrogen) atoms. The molecule has 1 aliphatic rings. The van der Waals surface area contributed by atoms with Gasteiger partial charge in [0.1, 0.15) is 6.10 Å². The third kappa shape index (κ3) is 2.73. The third-order valence-corrected chi connectivity index (χ3v) is 4.70. The summed E-state index contributed by atoms with van der Waals surface area (Å²) in [6.07, 6.45) is 6.53. The molecule has 1 unspecified atom stereocenters. The van der Waals surface area contributed by atoms with Gasteiger partial charge in [-0.2, -0.15) is 5.26 Å².